The van der Waals surface area contributed by atoms with E-state index in [1.165, 1.54) is 30.5 Å². The minimum atomic E-state index is -4.33. The topological polar surface area (TPSA) is 24.9 Å². The van der Waals surface area contributed by atoms with Crippen LogP contribution >= 0.6 is 0 Å². The van der Waals surface area contributed by atoms with Gasteiger partial charge in [-0.25, -0.2) is 4.98 Å². The third-order valence-electron chi connectivity index (χ3n) is 2.51. The van der Waals surface area contributed by atoms with Crippen LogP contribution in [0.5, 0.6) is 0 Å². The number of alkyl halides is 3. The quantitative estimate of drug-likeness (QED) is 0.677. The van der Waals surface area contributed by atoms with Gasteiger partial charge in [-0.2, -0.15) is 17.6 Å². The highest BCUT2D eigenvalue weighted by atomic mass is 19.4. The summed E-state index contributed by atoms with van der Waals surface area (Å²) in [7, 11) is 0. The molecule has 0 radical (unpaired) electrons. The number of anilines is 1. The van der Waals surface area contributed by atoms with E-state index in [-0.39, 0.29) is 0 Å². The summed E-state index contributed by atoms with van der Waals surface area (Å²) in [6, 6.07) is 7.56. The summed E-state index contributed by atoms with van der Waals surface area (Å²) in [5.41, 5.74) is 0.610. The van der Waals surface area contributed by atoms with Gasteiger partial charge >= 0.3 is 6.18 Å². The van der Waals surface area contributed by atoms with Gasteiger partial charge in [0, 0.05) is 6.54 Å². The molecule has 2 rings (SSSR count). The molecule has 0 atom stereocenters. The fourth-order valence-corrected chi connectivity index (χ4v) is 1.50. The second kappa shape index (κ2) is 5.26. The molecule has 0 aliphatic heterocycles. The maximum Gasteiger partial charge on any atom is 0.416 e. The average Bonchev–Trinajstić information content (AvgIpc) is 2.37. The van der Waals surface area contributed by atoms with E-state index in [1.54, 1.807) is 0 Å². The zero-order chi connectivity index (χ0) is 13.9. The predicted octanol–water partition coefficient (Wildman–Crippen LogP) is 3.85. The van der Waals surface area contributed by atoms with Crippen LogP contribution in [0.25, 0.3) is 0 Å². The Bertz CT molecular complexity index is 532. The summed E-state index contributed by atoms with van der Waals surface area (Å²) >= 11 is 0. The lowest BCUT2D eigenvalue weighted by atomic mass is 10.1. The molecule has 0 aliphatic rings. The third kappa shape index (κ3) is 3.67. The van der Waals surface area contributed by atoms with Crippen molar-refractivity contribution in [2.45, 2.75) is 12.7 Å². The van der Waals surface area contributed by atoms with Crippen LogP contribution in [-0.2, 0) is 12.7 Å². The Hall–Kier alpha value is -2.11. The van der Waals surface area contributed by atoms with Crippen molar-refractivity contribution in [1.82, 2.24) is 4.98 Å². The maximum absolute atomic E-state index is 12.6. The van der Waals surface area contributed by atoms with E-state index in [2.05, 4.69) is 10.3 Å². The fourth-order valence-electron chi connectivity index (χ4n) is 1.50. The van der Waals surface area contributed by atoms with Gasteiger partial charge in [0.25, 0.3) is 0 Å². The lowest BCUT2D eigenvalue weighted by Gasteiger charge is -2.09. The van der Waals surface area contributed by atoms with E-state index in [1.807, 2.05) is 0 Å². The fraction of sp³-hybridized carbons (Fsp3) is 0.154. The minimum absolute atomic E-state index is 0.339. The number of hydrogen-bond acceptors (Lipinski definition) is 2. The van der Waals surface area contributed by atoms with Crippen LogP contribution in [-0.4, -0.2) is 4.98 Å². The molecule has 0 fully saturated rings. The molecule has 0 spiro atoms. The first-order valence-electron chi connectivity index (χ1n) is 5.47. The molecule has 19 heavy (non-hydrogen) atoms. The Balaban J connectivity index is 1.98. The Kier molecular flexibility index (Phi) is 3.69. The lowest BCUT2D eigenvalue weighted by Crippen LogP contribution is -2.05. The molecule has 6 heteroatoms. The number of nitrogens with one attached hydrogen (secondary N) is 1. The molecule has 1 aromatic carbocycles. The van der Waals surface area contributed by atoms with E-state index in [4.69, 9.17) is 0 Å². The SMILES string of the molecule is Fc1ccc(NCc2ccc(C(F)(F)F)cc2)cn1. The number of rotatable bonds is 3. The third-order valence-corrected chi connectivity index (χ3v) is 2.51. The summed E-state index contributed by atoms with van der Waals surface area (Å²) in [5.74, 6) is -0.583. The zero-order valence-corrected chi connectivity index (χ0v) is 9.71. The van der Waals surface area contributed by atoms with Gasteiger partial charge in [-0.3, -0.25) is 0 Å². The standard InChI is InChI=1S/C13H10F4N2/c14-12-6-5-11(8-19-12)18-7-9-1-3-10(4-2-9)13(15,16)17/h1-6,8,18H,7H2. The monoisotopic (exact) mass is 270 g/mol. The van der Waals surface area contributed by atoms with Crippen LogP contribution in [0, 0.1) is 5.95 Å². The van der Waals surface area contributed by atoms with Crippen LogP contribution < -0.4 is 5.32 Å². The van der Waals surface area contributed by atoms with Crippen LogP contribution in [0.15, 0.2) is 42.6 Å². The zero-order valence-electron chi connectivity index (χ0n) is 9.71. The van der Waals surface area contributed by atoms with Gasteiger partial charge in [-0.1, -0.05) is 12.1 Å². The first-order valence-corrected chi connectivity index (χ1v) is 5.47. The van der Waals surface area contributed by atoms with Crippen molar-refractivity contribution in [2.75, 3.05) is 5.32 Å². The molecule has 100 valence electrons. The van der Waals surface area contributed by atoms with Gasteiger partial charge in [-0.15, -0.1) is 0 Å². The van der Waals surface area contributed by atoms with Gasteiger partial charge in [0.1, 0.15) is 0 Å². The van der Waals surface area contributed by atoms with Crippen LogP contribution in [0.3, 0.4) is 0 Å². The van der Waals surface area contributed by atoms with Crippen molar-refractivity contribution >= 4 is 5.69 Å². The van der Waals surface area contributed by atoms with Crippen molar-refractivity contribution in [2.24, 2.45) is 0 Å². The number of hydrogen-bond donors (Lipinski definition) is 1. The second-order valence-corrected chi connectivity index (χ2v) is 3.92. The average molecular weight is 270 g/mol. The van der Waals surface area contributed by atoms with Crippen molar-refractivity contribution in [3.8, 4) is 0 Å². The van der Waals surface area contributed by atoms with Gasteiger partial charge in [-0.05, 0) is 29.8 Å². The summed E-state index contributed by atoms with van der Waals surface area (Å²) in [5, 5.41) is 2.94. The van der Waals surface area contributed by atoms with E-state index < -0.39 is 17.7 Å². The molecule has 0 aliphatic carbocycles. The minimum Gasteiger partial charge on any atom is -0.380 e. The van der Waals surface area contributed by atoms with Crippen LogP contribution in [0.4, 0.5) is 23.2 Å². The van der Waals surface area contributed by atoms with Crippen LogP contribution in [0.2, 0.25) is 0 Å². The van der Waals surface area contributed by atoms with Crippen molar-refractivity contribution in [3.05, 3.63) is 59.7 Å². The van der Waals surface area contributed by atoms with Crippen molar-refractivity contribution < 1.29 is 17.6 Å². The molecule has 0 saturated carbocycles. The van der Waals surface area contributed by atoms with Gasteiger partial charge in [0.2, 0.25) is 5.95 Å². The molecule has 1 N–H and O–H groups in total. The lowest BCUT2D eigenvalue weighted by molar-refractivity contribution is -0.137. The van der Waals surface area contributed by atoms with Gasteiger partial charge in [0.05, 0.1) is 17.4 Å². The highest BCUT2D eigenvalue weighted by Crippen LogP contribution is 2.29. The predicted molar refractivity (Wildman–Crippen MR) is 63.0 cm³/mol. The number of benzene rings is 1. The molecule has 2 aromatic rings. The molecule has 0 unspecified atom stereocenters. The molecule has 1 heterocycles. The summed E-state index contributed by atoms with van der Waals surface area (Å²) in [6.07, 6.45) is -3.01. The Morgan fingerprint density at radius 3 is 2.21 bits per heavy atom. The highest BCUT2D eigenvalue weighted by Gasteiger charge is 2.29. The largest absolute Gasteiger partial charge is 0.416 e. The van der Waals surface area contributed by atoms with Crippen molar-refractivity contribution in [3.63, 3.8) is 0 Å². The molecule has 1 aromatic heterocycles. The number of nitrogens with zero attached hydrogens (tertiary/aromatic N) is 1. The Morgan fingerprint density at radius 2 is 1.68 bits per heavy atom. The normalized spacial score (nSPS) is 11.4. The van der Waals surface area contributed by atoms with Gasteiger partial charge < -0.3 is 5.32 Å². The molecular weight excluding hydrogens is 260 g/mol. The smallest absolute Gasteiger partial charge is 0.380 e. The number of halogens is 4. The highest BCUT2D eigenvalue weighted by molar-refractivity contribution is 5.41. The maximum atomic E-state index is 12.6. The molecule has 0 saturated heterocycles. The number of aromatic nitrogens is 1. The first kappa shape index (κ1) is 13.3. The molecule has 2 nitrogen and oxygen atoms in total. The molecular formula is C13H10F4N2. The first-order chi connectivity index (χ1) is 8.95. The summed E-state index contributed by atoms with van der Waals surface area (Å²) in [4.78, 5) is 3.46. The second-order valence-electron chi connectivity index (χ2n) is 3.92. The Labute approximate surface area is 107 Å². The number of pyridine rings is 1. The van der Waals surface area contributed by atoms with Gasteiger partial charge in [0.15, 0.2) is 0 Å². The van der Waals surface area contributed by atoms with E-state index >= 15 is 0 Å². The van der Waals surface area contributed by atoms with E-state index in [9.17, 15) is 17.6 Å². The van der Waals surface area contributed by atoms with E-state index in [0.29, 0.717) is 17.8 Å². The van der Waals surface area contributed by atoms with E-state index in [0.717, 1.165) is 12.1 Å². The van der Waals surface area contributed by atoms with Crippen LogP contribution in [0.1, 0.15) is 11.1 Å². The Morgan fingerprint density at radius 1 is 1.00 bits per heavy atom. The summed E-state index contributed by atoms with van der Waals surface area (Å²) in [6.45, 7) is 0.339. The molecule has 0 bridgehead atoms. The summed E-state index contributed by atoms with van der Waals surface area (Å²) < 4.78 is 49.6. The molecule has 0 amide bonds. The van der Waals surface area contributed by atoms with Crippen molar-refractivity contribution in [1.29, 1.82) is 0 Å².